The van der Waals surface area contributed by atoms with Crippen LogP contribution in [-0.4, -0.2) is 45.8 Å². The average Bonchev–Trinajstić information content (AvgIpc) is 4.02. The third kappa shape index (κ3) is 5.28. The summed E-state index contributed by atoms with van der Waals surface area (Å²) in [5, 5.41) is 10.5. The van der Waals surface area contributed by atoms with Gasteiger partial charge in [-0.15, -0.1) is 0 Å². The lowest BCUT2D eigenvalue weighted by molar-refractivity contribution is -0.126. The maximum absolute atomic E-state index is 14.7. The zero-order valence-electron chi connectivity index (χ0n) is 31.5. The topological polar surface area (TPSA) is 156 Å². The number of benzene rings is 5. The van der Waals surface area contributed by atoms with Gasteiger partial charge in [0.2, 0.25) is 35.4 Å². The first-order valence-electron chi connectivity index (χ1n) is 19.5. The van der Waals surface area contributed by atoms with Crippen LogP contribution >= 0.6 is 0 Å². The summed E-state index contributed by atoms with van der Waals surface area (Å²) in [5.74, 6) is -4.45. The third-order valence-corrected chi connectivity index (χ3v) is 12.5. The molecule has 2 aromatic heterocycles. The molecule has 2 aliphatic carbocycles. The van der Waals surface area contributed by atoms with Gasteiger partial charge in [0.25, 0.3) is 0 Å². The quantitative estimate of drug-likeness (QED) is 0.129. The molecule has 4 heterocycles. The van der Waals surface area contributed by atoms with Crippen LogP contribution in [0.25, 0.3) is 45.1 Å². The van der Waals surface area contributed by atoms with E-state index in [0.717, 1.165) is 16.6 Å². The zero-order valence-corrected chi connectivity index (χ0v) is 31.5. The number of oxazole rings is 2. The summed E-state index contributed by atoms with van der Waals surface area (Å²) in [7, 11) is 1.45. The molecule has 1 saturated carbocycles. The van der Waals surface area contributed by atoms with E-state index < -0.39 is 35.5 Å². The van der Waals surface area contributed by atoms with Crippen molar-refractivity contribution in [3.8, 4) is 34.4 Å². The minimum absolute atomic E-state index is 0.0679. The normalized spacial score (nSPS) is 23.8. The predicted molar refractivity (Wildman–Crippen MR) is 216 cm³/mol. The van der Waals surface area contributed by atoms with Gasteiger partial charge in [0, 0.05) is 17.0 Å². The first kappa shape index (κ1) is 34.9. The first-order chi connectivity index (χ1) is 28.8. The van der Waals surface area contributed by atoms with E-state index in [-0.39, 0.29) is 41.5 Å². The van der Waals surface area contributed by atoms with Crippen LogP contribution in [0.1, 0.15) is 24.3 Å². The molecule has 1 N–H and O–H groups in total. The average molecular weight is 783 g/mol. The van der Waals surface area contributed by atoms with Gasteiger partial charge >= 0.3 is 0 Å². The number of rotatable bonds is 6. The molecule has 4 amide bonds. The summed E-state index contributed by atoms with van der Waals surface area (Å²) in [6.45, 7) is 0. The summed E-state index contributed by atoms with van der Waals surface area (Å²) in [6, 6.07) is 33.8. The maximum Gasteiger partial charge on any atom is 0.238 e. The SMILES string of the molecule is COc1cc([C@H]2C3=CC[C@@H]4C(=O)N(c5ccc(-c6nc7ccccc7o6)cc5)C(=O)[C@@H]4[C@@H]3C[C@H]3C(=O)N(c4ccc(-c5nc6ccccc6o5)cc4)C(=O)[C@@H]23)ccc1O. The van der Waals surface area contributed by atoms with Crippen molar-refractivity contribution in [2.45, 2.75) is 18.8 Å². The Morgan fingerprint density at radius 1 is 0.627 bits per heavy atom. The van der Waals surface area contributed by atoms with Crippen molar-refractivity contribution in [2.24, 2.45) is 29.6 Å². The minimum Gasteiger partial charge on any atom is -0.504 e. The highest BCUT2D eigenvalue weighted by Gasteiger charge is 2.62. The number of fused-ring (bicyclic) bond motifs is 6. The van der Waals surface area contributed by atoms with Gasteiger partial charge in [0.1, 0.15) is 11.0 Å². The molecule has 0 radical (unpaired) electrons. The summed E-state index contributed by atoms with van der Waals surface area (Å²) < 4.78 is 17.4. The molecule has 0 unspecified atom stereocenters. The van der Waals surface area contributed by atoms with Crippen molar-refractivity contribution in [3.05, 3.63) is 132 Å². The largest absolute Gasteiger partial charge is 0.504 e. The molecule has 7 aromatic rings. The third-order valence-electron chi connectivity index (χ3n) is 12.5. The Kier molecular flexibility index (Phi) is 7.74. The summed E-state index contributed by atoms with van der Waals surface area (Å²) in [5.41, 5.74) is 6.48. The number of hydrogen-bond acceptors (Lipinski definition) is 10. The highest BCUT2D eigenvalue weighted by atomic mass is 16.5. The Bertz CT molecular complexity index is 2860. The number of carbonyl (C=O) groups is 4. The van der Waals surface area contributed by atoms with Crippen LogP contribution in [0, 0.1) is 29.6 Å². The molecule has 5 aromatic carbocycles. The molecule has 4 aliphatic rings. The number of imide groups is 2. The molecule has 0 spiro atoms. The minimum atomic E-state index is -0.796. The fourth-order valence-electron chi connectivity index (χ4n) is 9.86. The molecular formula is C47H34N4O8. The lowest BCUT2D eigenvalue weighted by Crippen LogP contribution is -2.43. The molecule has 3 fully saturated rings. The lowest BCUT2D eigenvalue weighted by atomic mass is 9.57. The molecule has 12 nitrogen and oxygen atoms in total. The molecule has 59 heavy (non-hydrogen) atoms. The number of phenols is 1. The van der Waals surface area contributed by atoms with Gasteiger partial charge in [-0.3, -0.25) is 29.0 Å². The number of methoxy groups -OCH3 is 1. The molecule has 2 saturated heterocycles. The smallest absolute Gasteiger partial charge is 0.238 e. The van der Waals surface area contributed by atoms with Gasteiger partial charge in [-0.1, -0.05) is 42.0 Å². The van der Waals surface area contributed by atoms with Crippen LogP contribution in [0.4, 0.5) is 11.4 Å². The van der Waals surface area contributed by atoms with E-state index in [1.165, 1.54) is 23.0 Å². The van der Waals surface area contributed by atoms with Crippen LogP contribution < -0.4 is 14.5 Å². The number of ether oxygens (including phenoxy) is 1. The Morgan fingerprint density at radius 3 is 1.73 bits per heavy atom. The van der Waals surface area contributed by atoms with Crippen LogP contribution in [0.3, 0.4) is 0 Å². The Balaban J connectivity index is 0.933. The number of nitrogens with zero attached hydrogens (tertiary/aromatic N) is 4. The van der Waals surface area contributed by atoms with Gasteiger partial charge in [0.15, 0.2) is 22.7 Å². The van der Waals surface area contributed by atoms with Crippen molar-refractivity contribution >= 4 is 57.2 Å². The van der Waals surface area contributed by atoms with E-state index >= 15 is 0 Å². The van der Waals surface area contributed by atoms with Gasteiger partial charge in [-0.25, -0.2) is 9.97 Å². The Hall–Kier alpha value is -7.34. The molecule has 0 bridgehead atoms. The van der Waals surface area contributed by atoms with Gasteiger partial charge < -0.3 is 18.7 Å². The first-order valence-corrected chi connectivity index (χ1v) is 19.5. The van der Waals surface area contributed by atoms with Crippen molar-refractivity contribution in [3.63, 3.8) is 0 Å². The van der Waals surface area contributed by atoms with Crippen molar-refractivity contribution in [1.82, 2.24) is 9.97 Å². The van der Waals surface area contributed by atoms with Gasteiger partial charge in [-0.05, 0) is 109 Å². The number of hydrogen-bond donors (Lipinski definition) is 1. The molecule has 290 valence electrons. The standard InChI is InChI=1S/C47H34N4O8/c1-57-38-22-26(14-21-35(38)52)39-29-19-20-30-40(46(55)50(44(30)53)27-15-10-24(11-16-27)42-48-33-6-2-4-8-36(33)58-42)31(29)23-32-41(39)47(56)51(45(32)54)28-17-12-25(13-18-28)43-49-34-7-3-5-9-37(34)59-43/h2-19,21-22,30-32,39-41,52H,20,23H2,1H3/t30-,31+,32+,39-,40-,41+/m0/s1. The van der Waals surface area contributed by atoms with E-state index in [1.54, 1.807) is 60.7 Å². The summed E-state index contributed by atoms with van der Waals surface area (Å²) in [4.78, 5) is 69.8. The number of aromatic hydroxyl groups is 1. The van der Waals surface area contributed by atoms with Crippen LogP contribution in [0.2, 0.25) is 0 Å². The maximum atomic E-state index is 14.7. The summed E-state index contributed by atoms with van der Waals surface area (Å²) in [6.07, 6.45) is 2.51. The molecule has 12 heteroatoms. The number of allylic oxidation sites excluding steroid dienone is 2. The highest BCUT2D eigenvalue weighted by molar-refractivity contribution is 6.24. The second-order valence-corrected chi connectivity index (χ2v) is 15.5. The molecule has 6 atom stereocenters. The van der Waals surface area contributed by atoms with E-state index in [9.17, 15) is 24.3 Å². The predicted octanol–water partition coefficient (Wildman–Crippen LogP) is 8.06. The van der Waals surface area contributed by atoms with E-state index in [1.807, 2.05) is 54.6 Å². The second kappa shape index (κ2) is 13.1. The number of phenolic OH excluding ortho intramolecular Hbond substituents is 1. The fraction of sp³-hybridized carbons (Fsp3) is 0.191. The number of amides is 4. The zero-order chi connectivity index (χ0) is 40.1. The fourth-order valence-corrected chi connectivity index (χ4v) is 9.86. The van der Waals surface area contributed by atoms with Crippen molar-refractivity contribution in [1.29, 1.82) is 0 Å². The van der Waals surface area contributed by atoms with E-state index in [0.29, 0.717) is 57.4 Å². The monoisotopic (exact) mass is 782 g/mol. The Morgan fingerprint density at radius 2 is 1.17 bits per heavy atom. The van der Waals surface area contributed by atoms with Crippen LogP contribution in [-0.2, 0) is 19.2 Å². The lowest BCUT2D eigenvalue weighted by Gasteiger charge is -2.44. The van der Waals surface area contributed by atoms with Gasteiger partial charge in [0.05, 0.1) is 42.2 Å². The molecule has 2 aliphatic heterocycles. The number of carbonyl (C=O) groups excluding carboxylic acids is 4. The van der Waals surface area contributed by atoms with Crippen molar-refractivity contribution < 1.29 is 37.9 Å². The molecule has 11 rings (SSSR count). The highest BCUT2D eigenvalue weighted by Crippen LogP contribution is 2.59. The van der Waals surface area contributed by atoms with Crippen molar-refractivity contribution in [2.75, 3.05) is 16.9 Å². The van der Waals surface area contributed by atoms with Gasteiger partial charge in [-0.2, -0.15) is 0 Å². The number of para-hydroxylation sites is 4. The summed E-state index contributed by atoms with van der Waals surface area (Å²) >= 11 is 0. The Labute approximate surface area is 336 Å². The number of anilines is 2. The van der Waals surface area contributed by atoms with Crippen LogP contribution in [0.5, 0.6) is 11.5 Å². The van der Waals surface area contributed by atoms with E-state index in [4.69, 9.17) is 13.6 Å². The van der Waals surface area contributed by atoms with E-state index in [2.05, 4.69) is 9.97 Å². The second-order valence-electron chi connectivity index (χ2n) is 15.5. The molecular weight excluding hydrogens is 749 g/mol. The number of aromatic nitrogens is 2. The van der Waals surface area contributed by atoms with Crippen LogP contribution in [0.15, 0.2) is 136 Å².